The van der Waals surface area contributed by atoms with Crippen LogP contribution < -0.4 is 10.3 Å². The molecule has 170 valence electrons. The largest absolute Gasteiger partial charge is 0.470 e. The number of halogens is 2. The lowest BCUT2D eigenvalue weighted by Gasteiger charge is -2.15. The predicted molar refractivity (Wildman–Crippen MR) is 134 cm³/mol. The molecule has 0 unspecified atom stereocenters. The van der Waals surface area contributed by atoms with Gasteiger partial charge in [0, 0.05) is 23.1 Å². The predicted octanol–water partition coefficient (Wildman–Crippen LogP) is 5.88. The Morgan fingerprint density at radius 3 is 2.67 bits per heavy atom. The zero-order valence-electron chi connectivity index (χ0n) is 18.5. The summed E-state index contributed by atoms with van der Waals surface area (Å²) in [5.41, 5.74) is 2.55. The van der Waals surface area contributed by atoms with E-state index in [4.69, 9.17) is 16.3 Å². The molecule has 0 aliphatic heterocycles. The average molecular weight is 547 g/mol. The summed E-state index contributed by atoms with van der Waals surface area (Å²) in [6, 6.07) is 7.28. The summed E-state index contributed by atoms with van der Waals surface area (Å²) in [4.78, 5) is 31.1. The molecule has 4 rings (SSSR count). The average Bonchev–Trinajstić information content (AvgIpc) is 3.21. The molecule has 0 bridgehead atoms. The first-order valence-corrected chi connectivity index (χ1v) is 12.3. The van der Waals surface area contributed by atoms with E-state index >= 15 is 0 Å². The maximum Gasteiger partial charge on any atom is 0.276 e. The van der Waals surface area contributed by atoms with E-state index in [1.165, 1.54) is 4.57 Å². The van der Waals surface area contributed by atoms with Gasteiger partial charge in [0.15, 0.2) is 0 Å². The van der Waals surface area contributed by atoms with Crippen molar-refractivity contribution >= 4 is 38.9 Å². The van der Waals surface area contributed by atoms with Crippen LogP contribution in [0.25, 0.3) is 16.9 Å². The Hall–Kier alpha value is -2.62. The van der Waals surface area contributed by atoms with Crippen LogP contribution >= 0.6 is 38.9 Å². The molecule has 3 heterocycles. The maximum absolute atomic E-state index is 13.3. The highest BCUT2D eigenvalue weighted by molar-refractivity contribution is 9.10. The zero-order valence-corrected chi connectivity index (χ0v) is 21.6. The van der Waals surface area contributed by atoms with Crippen LogP contribution in [-0.4, -0.2) is 24.5 Å². The molecule has 0 aliphatic rings. The third-order valence-corrected chi connectivity index (χ3v) is 6.68. The number of nitrogens with zero attached hydrogens (tertiary/aromatic N) is 5. The first kappa shape index (κ1) is 23.5. The summed E-state index contributed by atoms with van der Waals surface area (Å²) < 4.78 is 7.44. The molecule has 0 aliphatic carbocycles. The highest BCUT2D eigenvalue weighted by Gasteiger charge is 2.18. The van der Waals surface area contributed by atoms with Crippen LogP contribution in [0, 0.1) is 13.8 Å². The summed E-state index contributed by atoms with van der Waals surface area (Å²) in [7, 11) is 0. The van der Waals surface area contributed by atoms with Crippen LogP contribution in [0.4, 0.5) is 0 Å². The molecule has 0 amide bonds. The lowest BCUT2D eigenvalue weighted by Crippen LogP contribution is -2.24. The van der Waals surface area contributed by atoms with Gasteiger partial charge in [0.2, 0.25) is 5.88 Å². The molecular formula is C23H21BrClN5O2S. The van der Waals surface area contributed by atoms with Gasteiger partial charge in [0.05, 0.1) is 27.1 Å². The van der Waals surface area contributed by atoms with E-state index in [0.29, 0.717) is 16.5 Å². The summed E-state index contributed by atoms with van der Waals surface area (Å²) in [5.74, 6) is 1.60. The summed E-state index contributed by atoms with van der Waals surface area (Å²) in [6.45, 7) is 7.96. The van der Waals surface area contributed by atoms with Crippen molar-refractivity contribution < 1.29 is 4.74 Å². The Kier molecular flexibility index (Phi) is 6.92. The second-order valence-electron chi connectivity index (χ2n) is 7.69. The van der Waals surface area contributed by atoms with E-state index in [0.717, 1.165) is 27.8 Å². The quantitative estimate of drug-likeness (QED) is 0.300. The van der Waals surface area contributed by atoms with Crippen LogP contribution in [0.5, 0.6) is 5.88 Å². The molecule has 1 aromatic carbocycles. The van der Waals surface area contributed by atoms with Crippen LogP contribution in [0.1, 0.15) is 42.1 Å². The first-order valence-electron chi connectivity index (χ1n) is 10.2. The fourth-order valence-electron chi connectivity index (χ4n) is 3.23. The molecule has 10 heteroatoms. The summed E-state index contributed by atoms with van der Waals surface area (Å²) in [6.07, 6.45) is 1.73. The van der Waals surface area contributed by atoms with Gasteiger partial charge in [-0.15, -0.1) is 11.3 Å². The Labute approximate surface area is 208 Å². The Morgan fingerprint density at radius 2 is 1.97 bits per heavy atom. The summed E-state index contributed by atoms with van der Waals surface area (Å²) in [5, 5.41) is 3.29. The third kappa shape index (κ3) is 5.00. The number of thiazole rings is 1. The van der Waals surface area contributed by atoms with Crippen molar-refractivity contribution in [1.82, 2.24) is 24.5 Å². The smallest absolute Gasteiger partial charge is 0.276 e. The van der Waals surface area contributed by atoms with Crippen molar-refractivity contribution in [2.45, 2.75) is 40.2 Å². The van der Waals surface area contributed by atoms with Crippen molar-refractivity contribution in [3.8, 4) is 22.8 Å². The second-order valence-corrected chi connectivity index (χ2v) is 9.95. The van der Waals surface area contributed by atoms with E-state index < -0.39 is 0 Å². The number of hydrogen-bond acceptors (Lipinski definition) is 7. The number of aromatic nitrogens is 5. The molecule has 0 N–H and O–H groups in total. The van der Waals surface area contributed by atoms with Crippen molar-refractivity contribution in [2.75, 3.05) is 0 Å². The van der Waals surface area contributed by atoms with E-state index in [2.05, 4.69) is 35.9 Å². The van der Waals surface area contributed by atoms with Crippen LogP contribution in [-0.2, 0) is 6.61 Å². The van der Waals surface area contributed by atoms with Gasteiger partial charge in [0.1, 0.15) is 22.7 Å². The van der Waals surface area contributed by atoms with Gasteiger partial charge in [-0.25, -0.2) is 15.0 Å². The van der Waals surface area contributed by atoms with Crippen molar-refractivity contribution in [2.24, 2.45) is 0 Å². The molecule has 0 saturated heterocycles. The highest BCUT2D eigenvalue weighted by atomic mass is 79.9. The van der Waals surface area contributed by atoms with Gasteiger partial charge in [-0.3, -0.25) is 9.36 Å². The van der Waals surface area contributed by atoms with E-state index in [1.807, 2.05) is 44.4 Å². The van der Waals surface area contributed by atoms with E-state index in [9.17, 15) is 4.79 Å². The topological polar surface area (TPSA) is 82.8 Å². The Balaban J connectivity index is 1.73. The van der Waals surface area contributed by atoms with Crippen LogP contribution in [0.15, 0.2) is 45.1 Å². The lowest BCUT2D eigenvalue weighted by molar-refractivity contribution is 0.285. The molecule has 0 saturated carbocycles. The third-order valence-electron chi connectivity index (χ3n) is 4.86. The summed E-state index contributed by atoms with van der Waals surface area (Å²) >= 11 is 11.4. The number of rotatable bonds is 6. The monoisotopic (exact) mass is 545 g/mol. The van der Waals surface area contributed by atoms with Crippen molar-refractivity contribution in [3.05, 3.63) is 78.0 Å². The standard InChI is InChI=1S/C23H21BrClN5O2S/c1-12(2)21-26-8-7-18(29-21)15-5-6-17(25)19(9-15)30-13(3)27-22(20(24)23(30)31)32-10-16-11-33-14(4)28-16/h5-9,11-12H,10H2,1-4H3. The molecular weight excluding hydrogens is 526 g/mol. The number of benzene rings is 1. The molecule has 3 aromatic heterocycles. The molecule has 0 radical (unpaired) electrons. The van der Waals surface area contributed by atoms with E-state index in [-0.39, 0.29) is 28.4 Å². The molecule has 7 nitrogen and oxygen atoms in total. The van der Waals surface area contributed by atoms with Gasteiger partial charge < -0.3 is 4.74 Å². The number of ether oxygens (including phenoxy) is 1. The van der Waals surface area contributed by atoms with Gasteiger partial charge in [-0.2, -0.15) is 4.98 Å². The second kappa shape index (κ2) is 9.70. The minimum atomic E-state index is -0.323. The van der Waals surface area contributed by atoms with Crippen molar-refractivity contribution in [3.63, 3.8) is 0 Å². The number of aryl methyl sites for hydroxylation is 2. The van der Waals surface area contributed by atoms with Gasteiger partial charge in [0.25, 0.3) is 5.56 Å². The van der Waals surface area contributed by atoms with Gasteiger partial charge in [-0.05, 0) is 48.0 Å². The fraction of sp³-hybridized carbons (Fsp3) is 0.261. The van der Waals surface area contributed by atoms with Gasteiger partial charge in [-0.1, -0.05) is 31.5 Å². The SMILES string of the molecule is Cc1nc(COc2nc(C)n(-c3cc(-c4ccnc(C(C)C)n4)ccc3Cl)c(=O)c2Br)cs1. The Bertz CT molecular complexity index is 1390. The molecule has 0 spiro atoms. The van der Waals surface area contributed by atoms with Crippen LogP contribution in [0.3, 0.4) is 0 Å². The fourth-order valence-corrected chi connectivity index (χ4v) is 4.41. The molecule has 33 heavy (non-hydrogen) atoms. The molecule has 0 atom stereocenters. The minimum absolute atomic E-state index is 0.197. The van der Waals surface area contributed by atoms with E-state index in [1.54, 1.807) is 30.5 Å². The van der Waals surface area contributed by atoms with Crippen LogP contribution in [0.2, 0.25) is 5.02 Å². The Morgan fingerprint density at radius 1 is 1.18 bits per heavy atom. The first-order chi connectivity index (χ1) is 15.7. The van der Waals surface area contributed by atoms with Gasteiger partial charge >= 0.3 is 0 Å². The number of hydrogen-bond donors (Lipinski definition) is 0. The maximum atomic E-state index is 13.3. The molecule has 4 aromatic rings. The lowest BCUT2D eigenvalue weighted by atomic mass is 10.1. The normalized spacial score (nSPS) is 11.2. The highest BCUT2D eigenvalue weighted by Crippen LogP contribution is 2.29. The minimum Gasteiger partial charge on any atom is -0.470 e. The van der Waals surface area contributed by atoms with Crippen molar-refractivity contribution in [1.29, 1.82) is 0 Å². The molecule has 0 fully saturated rings. The zero-order chi connectivity index (χ0) is 23.7.